The van der Waals surface area contributed by atoms with Crippen LogP contribution in [0, 0.1) is 5.92 Å². The number of sulfonamides is 1. The first kappa shape index (κ1) is 26.8. The molecule has 0 radical (unpaired) electrons. The molecule has 1 amide bonds. The highest BCUT2D eigenvalue weighted by atomic mass is 32.2. The Hall–Kier alpha value is -1.81. The van der Waals surface area contributed by atoms with Crippen molar-refractivity contribution in [1.29, 1.82) is 0 Å². The van der Waals surface area contributed by atoms with Gasteiger partial charge in [0.05, 0.1) is 11.5 Å². The number of ether oxygens (including phenoxy) is 1. The van der Waals surface area contributed by atoms with Crippen LogP contribution >= 0.6 is 0 Å². The molecule has 2 aliphatic rings. The average molecular weight is 494 g/mol. The van der Waals surface area contributed by atoms with Crippen molar-refractivity contribution in [2.75, 3.05) is 46.4 Å². The van der Waals surface area contributed by atoms with Gasteiger partial charge in [-0.3, -0.25) is 14.5 Å². The third kappa shape index (κ3) is 6.24. The minimum absolute atomic E-state index is 0.0383. The second kappa shape index (κ2) is 11.7. The fourth-order valence-electron chi connectivity index (χ4n) is 5.00. The lowest BCUT2D eigenvalue weighted by Crippen LogP contribution is -2.52. The molecular formula is C25H39N3O5S. The maximum Gasteiger partial charge on any atom is 0.243 e. The number of hydrogen-bond donors (Lipinski definition) is 0. The van der Waals surface area contributed by atoms with Crippen molar-refractivity contribution in [3.63, 3.8) is 0 Å². The second-order valence-electron chi connectivity index (χ2n) is 9.65. The lowest BCUT2D eigenvalue weighted by Gasteiger charge is -2.40. The number of carbonyl (C=O) groups excluding carboxylic acids is 2. The van der Waals surface area contributed by atoms with Gasteiger partial charge in [-0.15, -0.1) is 0 Å². The zero-order valence-electron chi connectivity index (χ0n) is 20.9. The Morgan fingerprint density at radius 1 is 1.03 bits per heavy atom. The number of nitrogens with zero attached hydrogens (tertiary/aromatic N) is 3. The van der Waals surface area contributed by atoms with E-state index in [0.29, 0.717) is 43.9 Å². The van der Waals surface area contributed by atoms with Crippen LogP contribution in [0.15, 0.2) is 29.2 Å². The van der Waals surface area contributed by atoms with E-state index in [-0.39, 0.29) is 35.1 Å². The Labute approximate surface area is 204 Å². The standard InChI is InChI=1S/C25H39N3O5S/c1-19(2)26-13-15-27(16-14-26)25(30)22-5-9-23(10-6-22)28(17-18-33-4)34(31,32)24-11-7-21(8-12-24)20(3)29/h7-8,11-12,19,22-23H,5-6,9-10,13-18H2,1-4H3/t22-,23-. The second-order valence-corrected chi connectivity index (χ2v) is 11.5. The lowest BCUT2D eigenvalue weighted by atomic mass is 9.85. The number of piperazine rings is 1. The average Bonchev–Trinajstić information content (AvgIpc) is 2.84. The smallest absolute Gasteiger partial charge is 0.243 e. The summed E-state index contributed by atoms with van der Waals surface area (Å²) in [6.07, 6.45) is 2.68. The van der Waals surface area contributed by atoms with Gasteiger partial charge >= 0.3 is 0 Å². The summed E-state index contributed by atoms with van der Waals surface area (Å²) >= 11 is 0. The molecular weight excluding hydrogens is 454 g/mol. The van der Waals surface area contributed by atoms with E-state index in [1.807, 2.05) is 4.90 Å². The van der Waals surface area contributed by atoms with Gasteiger partial charge in [0, 0.05) is 63.4 Å². The molecule has 0 unspecified atom stereocenters. The highest BCUT2D eigenvalue weighted by Crippen LogP contribution is 2.32. The molecule has 1 saturated carbocycles. The van der Waals surface area contributed by atoms with Crippen molar-refractivity contribution < 1.29 is 22.7 Å². The largest absolute Gasteiger partial charge is 0.383 e. The van der Waals surface area contributed by atoms with Crippen molar-refractivity contribution in [2.24, 2.45) is 5.92 Å². The molecule has 0 spiro atoms. The van der Waals surface area contributed by atoms with Crippen LogP contribution in [0.2, 0.25) is 0 Å². The predicted molar refractivity (Wildman–Crippen MR) is 131 cm³/mol. The molecule has 9 heteroatoms. The SMILES string of the molecule is COCCN([C@H]1CC[C@H](C(=O)N2CCN(C(C)C)CC2)CC1)S(=O)(=O)c1ccc(C(C)=O)cc1. The van der Waals surface area contributed by atoms with Gasteiger partial charge in [0.25, 0.3) is 0 Å². The van der Waals surface area contributed by atoms with Gasteiger partial charge in [0.15, 0.2) is 5.78 Å². The van der Waals surface area contributed by atoms with E-state index in [4.69, 9.17) is 4.74 Å². The van der Waals surface area contributed by atoms with Crippen molar-refractivity contribution in [2.45, 2.75) is 63.4 Å². The maximum absolute atomic E-state index is 13.5. The summed E-state index contributed by atoms with van der Waals surface area (Å²) in [7, 11) is -2.19. The Morgan fingerprint density at radius 2 is 1.62 bits per heavy atom. The molecule has 190 valence electrons. The van der Waals surface area contributed by atoms with Crippen LogP contribution in [0.1, 0.15) is 56.8 Å². The first-order chi connectivity index (χ1) is 16.1. The highest BCUT2D eigenvalue weighted by molar-refractivity contribution is 7.89. The van der Waals surface area contributed by atoms with E-state index in [1.165, 1.54) is 23.4 Å². The third-order valence-corrected chi connectivity index (χ3v) is 9.16. The molecule has 8 nitrogen and oxygen atoms in total. The van der Waals surface area contributed by atoms with Gasteiger partial charge in [-0.25, -0.2) is 8.42 Å². The van der Waals surface area contributed by atoms with Crippen LogP contribution in [0.4, 0.5) is 0 Å². The van der Waals surface area contributed by atoms with Crippen molar-refractivity contribution in [3.8, 4) is 0 Å². The van der Waals surface area contributed by atoms with E-state index in [9.17, 15) is 18.0 Å². The fourth-order valence-corrected chi connectivity index (χ4v) is 6.67. The summed E-state index contributed by atoms with van der Waals surface area (Å²) in [4.78, 5) is 29.2. The van der Waals surface area contributed by atoms with E-state index < -0.39 is 10.0 Å². The molecule has 0 aromatic heterocycles. The fraction of sp³-hybridized carbons (Fsp3) is 0.680. The summed E-state index contributed by atoms with van der Waals surface area (Å²) in [5, 5.41) is 0. The van der Waals surface area contributed by atoms with Crippen molar-refractivity contribution in [1.82, 2.24) is 14.1 Å². The number of Topliss-reactive ketones (excluding diaryl/α,β-unsaturated/α-hetero) is 1. The predicted octanol–water partition coefficient (Wildman–Crippen LogP) is 2.64. The number of rotatable bonds is 9. The highest BCUT2D eigenvalue weighted by Gasteiger charge is 2.37. The number of hydrogen-bond acceptors (Lipinski definition) is 6. The number of carbonyl (C=O) groups is 2. The van der Waals surface area contributed by atoms with Crippen LogP contribution in [0.3, 0.4) is 0 Å². The number of amides is 1. The molecule has 0 N–H and O–H groups in total. The van der Waals surface area contributed by atoms with Crippen LogP contribution < -0.4 is 0 Å². The quantitative estimate of drug-likeness (QED) is 0.492. The van der Waals surface area contributed by atoms with E-state index in [0.717, 1.165) is 26.2 Å². The molecule has 0 atom stereocenters. The Balaban J connectivity index is 1.65. The van der Waals surface area contributed by atoms with Gasteiger partial charge in [-0.05, 0) is 58.6 Å². The van der Waals surface area contributed by atoms with Crippen LogP contribution in [0.25, 0.3) is 0 Å². The molecule has 2 fully saturated rings. The topological polar surface area (TPSA) is 87.2 Å². The molecule has 1 aliphatic carbocycles. The first-order valence-electron chi connectivity index (χ1n) is 12.3. The van der Waals surface area contributed by atoms with Crippen LogP contribution in [0.5, 0.6) is 0 Å². The molecule has 1 saturated heterocycles. The lowest BCUT2D eigenvalue weighted by molar-refractivity contribution is -0.138. The Morgan fingerprint density at radius 3 is 2.12 bits per heavy atom. The molecule has 1 aromatic rings. The van der Waals surface area contributed by atoms with E-state index in [2.05, 4.69) is 18.7 Å². The summed E-state index contributed by atoms with van der Waals surface area (Å²) in [5.41, 5.74) is 0.482. The molecule has 34 heavy (non-hydrogen) atoms. The van der Waals surface area contributed by atoms with Gasteiger partial charge < -0.3 is 9.64 Å². The summed E-state index contributed by atoms with van der Waals surface area (Å²) in [6, 6.07) is 6.42. The van der Waals surface area contributed by atoms with Crippen molar-refractivity contribution in [3.05, 3.63) is 29.8 Å². The molecule has 1 heterocycles. The van der Waals surface area contributed by atoms with E-state index >= 15 is 0 Å². The van der Waals surface area contributed by atoms with Gasteiger partial charge in [-0.1, -0.05) is 12.1 Å². The molecule has 3 rings (SSSR count). The zero-order valence-corrected chi connectivity index (χ0v) is 21.7. The summed E-state index contributed by atoms with van der Waals surface area (Å²) in [6.45, 7) is 9.72. The minimum Gasteiger partial charge on any atom is -0.383 e. The van der Waals surface area contributed by atoms with Crippen molar-refractivity contribution >= 4 is 21.7 Å². The van der Waals surface area contributed by atoms with Crippen LogP contribution in [-0.2, 0) is 19.6 Å². The van der Waals surface area contributed by atoms with Gasteiger partial charge in [-0.2, -0.15) is 4.31 Å². The Kier molecular flexibility index (Phi) is 9.26. The van der Waals surface area contributed by atoms with Crippen LogP contribution in [-0.4, -0.2) is 92.7 Å². The zero-order chi connectivity index (χ0) is 24.9. The first-order valence-corrected chi connectivity index (χ1v) is 13.7. The number of methoxy groups -OCH3 is 1. The van der Waals surface area contributed by atoms with Gasteiger partial charge in [0.1, 0.15) is 0 Å². The molecule has 1 aliphatic heterocycles. The monoisotopic (exact) mass is 493 g/mol. The van der Waals surface area contributed by atoms with Gasteiger partial charge in [0.2, 0.25) is 15.9 Å². The Bertz CT molecular complexity index is 932. The number of benzene rings is 1. The summed E-state index contributed by atoms with van der Waals surface area (Å²) < 4.78 is 33.7. The maximum atomic E-state index is 13.5. The van der Waals surface area contributed by atoms with E-state index in [1.54, 1.807) is 19.2 Å². The third-order valence-electron chi connectivity index (χ3n) is 7.19. The number of ketones is 1. The summed E-state index contributed by atoms with van der Waals surface area (Å²) in [5.74, 6) is 0.0745. The normalized spacial score (nSPS) is 22.4. The molecule has 0 bridgehead atoms. The molecule has 1 aromatic carbocycles. The minimum atomic E-state index is -3.75.